The Balaban J connectivity index is 2.38. The number of ether oxygens (including phenoxy) is 1. The van der Waals surface area contributed by atoms with Crippen molar-refractivity contribution >= 4 is 29.6 Å². The first-order chi connectivity index (χ1) is 9.99. The van der Waals surface area contributed by atoms with Crippen LogP contribution in [0.1, 0.15) is 5.56 Å². The maximum Gasteiger partial charge on any atom is 0.168 e. The lowest BCUT2D eigenvalue weighted by Crippen LogP contribution is -2.04. The summed E-state index contributed by atoms with van der Waals surface area (Å²) in [6.45, 7) is 0. The number of hydrogen-bond donors (Lipinski definition) is 2. The minimum absolute atomic E-state index is 0.0938. The van der Waals surface area contributed by atoms with Gasteiger partial charge in [0.2, 0.25) is 0 Å². The van der Waals surface area contributed by atoms with Crippen molar-refractivity contribution in [2.75, 3.05) is 4.72 Å². The highest BCUT2D eigenvalue weighted by molar-refractivity contribution is 7.80. The molecule has 0 aliphatic rings. The molecule has 0 saturated heterocycles. The first kappa shape index (κ1) is 15.7. The zero-order chi connectivity index (χ0) is 15.4. The molecule has 0 aliphatic heterocycles. The third kappa shape index (κ3) is 4.16. The smallest absolute Gasteiger partial charge is 0.168 e. The molecule has 8 heteroatoms. The molecule has 0 fully saturated rings. The van der Waals surface area contributed by atoms with Gasteiger partial charge < -0.3 is 14.0 Å². The topological polar surface area (TPSA) is 61.4 Å². The molecule has 2 aromatic rings. The van der Waals surface area contributed by atoms with E-state index in [1.54, 1.807) is 6.07 Å². The van der Waals surface area contributed by atoms with Crippen LogP contribution in [-0.2, 0) is 17.0 Å². The van der Waals surface area contributed by atoms with Crippen molar-refractivity contribution in [1.29, 1.82) is 0 Å². The summed E-state index contributed by atoms with van der Waals surface area (Å²) in [5, 5.41) is 0. The SMILES string of the molecule is O=S([O-])Nc1ccc(CS)cc1Oc1ccc(F)cc1F. The molecule has 0 aliphatic carbocycles. The predicted octanol–water partition coefficient (Wildman–Crippen LogP) is 3.39. The monoisotopic (exact) mass is 330 g/mol. The molecule has 1 unspecified atom stereocenters. The minimum atomic E-state index is -2.56. The van der Waals surface area contributed by atoms with E-state index in [4.69, 9.17) is 4.74 Å². The van der Waals surface area contributed by atoms with Crippen LogP contribution in [-0.4, -0.2) is 8.76 Å². The van der Waals surface area contributed by atoms with E-state index in [0.717, 1.165) is 17.7 Å². The van der Waals surface area contributed by atoms with Crippen molar-refractivity contribution < 1.29 is 22.3 Å². The van der Waals surface area contributed by atoms with Crippen LogP contribution in [0.4, 0.5) is 14.5 Å². The Hall–Kier alpha value is -1.64. The van der Waals surface area contributed by atoms with Gasteiger partial charge in [-0.25, -0.2) is 8.78 Å². The van der Waals surface area contributed by atoms with Gasteiger partial charge >= 0.3 is 0 Å². The molecule has 0 spiro atoms. The molecule has 21 heavy (non-hydrogen) atoms. The average molecular weight is 330 g/mol. The summed E-state index contributed by atoms with van der Waals surface area (Å²) >= 11 is 1.54. The molecule has 1 N–H and O–H groups in total. The van der Waals surface area contributed by atoms with Crippen molar-refractivity contribution in [2.45, 2.75) is 5.75 Å². The van der Waals surface area contributed by atoms with Gasteiger partial charge in [0.15, 0.2) is 17.3 Å². The van der Waals surface area contributed by atoms with Gasteiger partial charge in [-0.2, -0.15) is 12.6 Å². The van der Waals surface area contributed by atoms with E-state index in [0.29, 0.717) is 11.8 Å². The Bertz CT molecular complexity index is 682. The Morgan fingerprint density at radius 2 is 1.95 bits per heavy atom. The number of hydrogen-bond acceptors (Lipinski definition) is 4. The van der Waals surface area contributed by atoms with Gasteiger partial charge in [-0.1, -0.05) is 6.07 Å². The van der Waals surface area contributed by atoms with Gasteiger partial charge in [-0.3, -0.25) is 4.21 Å². The summed E-state index contributed by atoms with van der Waals surface area (Å²) in [7, 11) is 0. The Kier molecular flexibility index (Phi) is 5.16. The fourth-order valence-corrected chi connectivity index (χ4v) is 2.14. The average Bonchev–Trinajstić information content (AvgIpc) is 2.43. The van der Waals surface area contributed by atoms with E-state index in [1.165, 1.54) is 12.1 Å². The predicted molar refractivity (Wildman–Crippen MR) is 78.1 cm³/mol. The standard InChI is InChI=1S/C13H11F2NO3S2/c14-9-2-4-12(10(15)6-9)19-13-5-8(7-20)1-3-11(13)16-21(17)18/h1-6,16,20H,7H2,(H,17,18)/p-1. The second-order valence-electron chi connectivity index (χ2n) is 4.00. The van der Waals surface area contributed by atoms with Crippen LogP contribution in [0.15, 0.2) is 36.4 Å². The van der Waals surface area contributed by atoms with Crippen molar-refractivity contribution in [3.63, 3.8) is 0 Å². The molecule has 0 saturated carbocycles. The van der Waals surface area contributed by atoms with Gasteiger partial charge in [-0.05, 0) is 29.8 Å². The molecule has 0 bridgehead atoms. The highest BCUT2D eigenvalue weighted by atomic mass is 32.2. The number of halogens is 2. The number of rotatable bonds is 5. The third-order valence-corrected chi connectivity index (χ3v) is 3.29. The number of anilines is 1. The van der Waals surface area contributed by atoms with Crippen LogP contribution in [0.5, 0.6) is 11.5 Å². The number of benzene rings is 2. The molecular formula is C13H10F2NO3S2-. The molecule has 4 nitrogen and oxygen atoms in total. The Morgan fingerprint density at radius 1 is 1.19 bits per heavy atom. The summed E-state index contributed by atoms with van der Waals surface area (Å²) in [6, 6.07) is 7.48. The first-order valence-corrected chi connectivity index (χ1v) is 7.43. The highest BCUT2D eigenvalue weighted by Crippen LogP contribution is 2.32. The summed E-state index contributed by atoms with van der Waals surface area (Å²) in [5.74, 6) is -1.35. The lowest BCUT2D eigenvalue weighted by molar-refractivity contribution is 0.439. The quantitative estimate of drug-likeness (QED) is 0.652. The van der Waals surface area contributed by atoms with E-state index in [-0.39, 0.29) is 17.2 Å². The van der Waals surface area contributed by atoms with E-state index >= 15 is 0 Å². The van der Waals surface area contributed by atoms with E-state index in [9.17, 15) is 17.5 Å². The van der Waals surface area contributed by atoms with Gasteiger partial charge in [-0.15, -0.1) is 0 Å². The number of thiol groups is 1. The Morgan fingerprint density at radius 3 is 2.57 bits per heavy atom. The molecular weight excluding hydrogens is 320 g/mol. The maximum atomic E-state index is 13.6. The molecule has 112 valence electrons. The molecule has 2 aromatic carbocycles. The molecule has 2 rings (SSSR count). The maximum absolute atomic E-state index is 13.6. The summed E-state index contributed by atoms with van der Waals surface area (Å²) in [4.78, 5) is 0. The largest absolute Gasteiger partial charge is 0.755 e. The molecule has 0 radical (unpaired) electrons. The zero-order valence-electron chi connectivity index (χ0n) is 10.5. The lowest BCUT2D eigenvalue weighted by atomic mass is 10.2. The molecule has 0 aromatic heterocycles. The second kappa shape index (κ2) is 6.88. The minimum Gasteiger partial charge on any atom is -0.755 e. The summed E-state index contributed by atoms with van der Waals surface area (Å²) in [6.07, 6.45) is 0. The van der Waals surface area contributed by atoms with Crippen LogP contribution in [0.3, 0.4) is 0 Å². The fourth-order valence-electron chi connectivity index (χ4n) is 1.60. The summed E-state index contributed by atoms with van der Waals surface area (Å²) in [5.41, 5.74) is 0.885. The third-order valence-electron chi connectivity index (χ3n) is 2.54. The lowest BCUT2D eigenvalue weighted by Gasteiger charge is -2.15. The van der Waals surface area contributed by atoms with E-state index in [2.05, 4.69) is 17.4 Å². The van der Waals surface area contributed by atoms with Gasteiger partial charge in [0.1, 0.15) is 5.82 Å². The Labute approximate surface area is 128 Å². The zero-order valence-corrected chi connectivity index (χ0v) is 12.2. The van der Waals surface area contributed by atoms with Crippen molar-refractivity contribution in [1.82, 2.24) is 0 Å². The summed E-state index contributed by atoms with van der Waals surface area (Å²) < 4.78 is 55.4. The van der Waals surface area contributed by atoms with E-state index in [1.807, 2.05) is 0 Å². The van der Waals surface area contributed by atoms with Gasteiger partial charge in [0, 0.05) is 23.1 Å². The fraction of sp³-hybridized carbons (Fsp3) is 0.0769. The highest BCUT2D eigenvalue weighted by Gasteiger charge is 2.10. The van der Waals surface area contributed by atoms with Crippen LogP contribution < -0.4 is 9.46 Å². The van der Waals surface area contributed by atoms with Crippen molar-refractivity contribution in [3.8, 4) is 11.5 Å². The molecule has 0 amide bonds. The molecule has 0 heterocycles. The molecule has 1 atom stereocenters. The van der Waals surface area contributed by atoms with Crippen LogP contribution >= 0.6 is 12.6 Å². The van der Waals surface area contributed by atoms with Crippen molar-refractivity contribution in [3.05, 3.63) is 53.6 Å². The first-order valence-electron chi connectivity index (χ1n) is 5.72. The number of nitrogens with one attached hydrogen (secondary N) is 1. The van der Waals surface area contributed by atoms with Gasteiger partial charge in [0.05, 0.1) is 5.69 Å². The second-order valence-corrected chi connectivity index (χ2v) is 4.99. The van der Waals surface area contributed by atoms with Crippen LogP contribution in [0, 0.1) is 11.6 Å². The van der Waals surface area contributed by atoms with Crippen LogP contribution in [0.25, 0.3) is 0 Å². The van der Waals surface area contributed by atoms with Crippen molar-refractivity contribution in [2.24, 2.45) is 0 Å². The van der Waals surface area contributed by atoms with Gasteiger partial charge in [0.25, 0.3) is 0 Å². The van der Waals surface area contributed by atoms with Crippen LogP contribution in [0.2, 0.25) is 0 Å². The normalized spacial score (nSPS) is 12.0. The van der Waals surface area contributed by atoms with E-state index < -0.39 is 22.9 Å².